The molecule has 1 fully saturated rings. The average Bonchev–Trinajstić information content (AvgIpc) is 2.68. The van der Waals surface area contributed by atoms with Gasteiger partial charge in [-0.3, -0.25) is 19.3 Å². The van der Waals surface area contributed by atoms with Crippen LogP contribution in [0.3, 0.4) is 0 Å². The third kappa shape index (κ3) is 4.06. The Morgan fingerprint density at radius 1 is 1.22 bits per heavy atom. The van der Waals surface area contributed by atoms with E-state index in [9.17, 15) is 19.2 Å². The van der Waals surface area contributed by atoms with Crippen molar-refractivity contribution < 1.29 is 23.9 Å². The number of benzene rings is 1. The smallest absolute Gasteiger partial charge is 0.326 e. The van der Waals surface area contributed by atoms with Crippen molar-refractivity contribution in [3.05, 3.63) is 30.3 Å². The van der Waals surface area contributed by atoms with Gasteiger partial charge in [0.15, 0.2) is 6.61 Å². The molecule has 1 aliphatic rings. The van der Waals surface area contributed by atoms with Gasteiger partial charge < -0.3 is 15.4 Å². The van der Waals surface area contributed by atoms with E-state index in [1.54, 1.807) is 30.3 Å². The lowest BCUT2D eigenvalue weighted by Gasteiger charge is -2.15. The number of hydrogen-bond donors (Lipinski definition) is 2. The summed E-state index contributed by atoms with van der Waals surface area (Å²) in [5.41, 5.74) is -0.480. The van der Waals surface area contributed by atoms with Crippen molar-refractivity contribution in [3.8, 4) is 0 Å². The number of imide groups is 1. The molecule has 4 amide bonds. The van der Waals surface area contributed by atoms with Crippen molar-refractivity contribution >= 4 is 29.5 Å². The summed E-state index contributed by atoms with van der Waals surface area (Å²) in [6, 6.07) is 8.02. The third-order valence-corrected chi connectivity index (χ3v) is 3.15. The summed E-state index contributed by atoms with van der Waals surface area (Å²) in [7, 11) is 0. The van der Waals surface area contributed by atoms with Gasteiger partial charge in [0.25, 0.3) is 11.8 Å². The van der Waals surface area contributed by atoms with Crippen molar-refractivity contribution in [2.75, 3.05) is 18.5 Å². The maximum Gasteiger partial charge on any atom is 0.326 e. The standard InChI is InChI=1S/C15H17N3O5/c1-15(2)13(21)18(14(22)17-15)8-12(20)23-9-11(19)16-10-6-4-3-5-7-10/h3-7H,8-9H2,1-2H3,(H,16,19)(H,17,22). The summed E-state index contributed by atoms with van der Waals surface area (Å²) in [5.74, 6) is -1.87. The number of amides is 4. The van der Waals surface area contributed by atoms with Crippen LogP contribution in [-0.2, 0) is 19.1 Å². The molecule has 0 bridgehead atoms. The highest BCUT2D eigenvalue weighted by atomic mass is 16.5. The molecule has 8 nitrogen and oxygen atoms in total. The summed E-state index contributed by atoms with van der Waals surface area (Å²) in [6.07, 6.45) is 0. The molecule has 2 N–H and O–H groups in total. The molecular formula is C15H17N3O5. The number of para-hydroxylation sites is 1. The highest BCUT2D eigenvalue weighted by Crippen LogP contribution is 2.16. The second-order valence-electron chi connectivity index (χ2n) is 5.52. The number of esters is 1. The minimum Gasteiger partial charge on any atom is -0.454 e. The van der Waals surface area contributed by atoms with Crippen molar-refractivity contribution in [2.24, 2.45) is 0 Å². The monoisotopic (exact) mass is 319 g/mol. The molecule has 0 aromatic heterocycles. The second-order valence-corrected chi connectivity index (χ2v) is 5.52. The SMILES string of the molecule is CC1(C)NC(=O)N(CC(=O)OCC(=O)Nc2ccccc2)C1=O. The lowest BCUT2D eigenvalue weighted by molar-refractivity contribution is -0.150. The van der Waals surface area contributed by atoms with Crippen LogP contribution in [0.15, 0.2) is 30.3 Å². The molecule has 1 aromatic rings. The molecule has 8 heteroatoms. The van der Waals surface area contributed by atoms with Crippen LogP contribution in [0.1, 0.15) is 13.8 Å². The van der Waals surface area contributed by atoms with Crippen LogP contribution in [0.5, 0.6) is 0 Å². The first kappa shape index (κ1) is 16.5. The first-order chi connectivity index (χ1) is 10.8. The van der Waals surface area contributed by atoms with Gasteiger partial charge in [-0.1, -0.05) is 18.2 Å². The Morgan fingerprint density at radius 2 is 1.87 bits per heavy atom. The molecule has 23 heavy (non-hydrogen) atoms. The van der Waals surface area contributed by atoms with Gasteiger partial charge in [0.2, 0.25) is 0 Å². The van der Waals surface area contributed by atoms with Gasteiger partial charge in [-0.25, -0.2) is 4.79 Å². The van der Waals surface area contributed by atoms with Gasteiger partial charge in [0.1, 0.15) is 12.1 Å². The maximum absolute atomic E-state index is 11.9. The zero-order valence-electron chi connectivity index (χ0n) is 12.8. The summed E-state index contributed by atoms with van der Waals surface area (Å²) < 4.78 is 4.78. The van der Waals surface area contributed by atoms with E-state index < -0.39 is 42.5 Å². The Bertz CT molecular complexity index is 642. The molecule has 0 spiro atoms. The lowest BCUT2D eigenvalue weighted by atomic mass is 10.1. The number of nitrogens with one attached hydrogen (secondary N) is 2. The number of urea groups is 1. The molecule has 0 aliphatic carbocycles. The van der Waals surface area contributed by atoms with Gasteiger partial charge in [0.05, 0.1) is 0 Å². The number of nitrogens with zero attached hydrogens (tertiary/aromatic N) is 1. The molecule has 1 aromatic carbocycles. The van der Waals surface area contributed by atoms with E-state index in [-0.39, 0.29) is 0 Å². The Labute approximate surface area is 132 Å². The van der Waals surface area contributed by atoms with Gasteiger partial charge in [0, 0.05) is 5.69 Å². The van der Waals surface area contributed by atoms with Crippen LogP contribution in [0.2, 0.25) is 0 Å². The summed E-state index contributed by atoms with van der Waals surface area (Å²) in [4.78, 5) is 47.6. The molecule has 1 saturated heterocycles. The number of anilines is 1. The predicted molar refractivity (Wildman–Crippen MR) is 80.4 cm³/mol. The highest BCUT2D eigenvalue weighted by Gasteiger charge is 2.45. The molecule has 1 aliphatic heterocycles. The Morgan fingerprint density at radius 3 is 2.43 bits per heavy atom. The number of hydrogen-bond acceptors (Lipinski definition) is 5. The first-order valence-corrected chi connectivity index (χ1v) is 6.94. The van der Waals surface area contributed by atoms with E-state index in [0.29, 0.717) is 5.69 Å². The van der Waals surface area contributed by atoms with Crippen LogP contribution >= 0.6 is 0 Å². The van der Waals surface area contributed by atoms with Gasteiger partial charge in [-0.05, 0) is 26.0 Å². The molecule has 122 valence electrons. The van der Waals surface area contributed by atoms with E-state index in [4.69, 9.17) is 4.74 Å². The highest BCUT2D eigenvalue weighted by molar-refractivity contribution is 6.08. The largest absolute Gasteiger partial charge is 0.454 e. The predicted octanol–water partition coefficient (Wildman–Crippen LogP) is 0.499. The minimum absolute atomic E-state index is 0.499. The molecular weight excluding hydrogens is 302 g/mol. The summed E-state index contributed by atoms with van der Waals surface area (Å²) >= 11 is 0. The van der Waals surface area contributed by atoms with Crippen LogP contribution in [0.4, 0.5) is 10.5 Å². The summed E-state index contributed by atoms with van der Waals surface area (Å²) in [6.45, 7) is 2.03. The van der Waals surface area contributed by atoms with Crippen LogP contribution < -0.4 is 10.6 Å². The average molecular weight is 319 g/mol. The fourth-order valence-electron chi connectivity index (χ4n) is 2.00. The molecule has 0 radical (unpaired) electrons. The van der Waals surface area contributed by atoms with E-state index in [0.717, 1.165) is 4.90 Å². The zero-order valence-corrected chi connectivity index (χ0v) is 12.8. The van der Waals surface area contributed by atoms with E-state index in [2.05, 4.69) is 10.6 Å². The number of ether oxygens (including phenoxy) is 1. The Kier molecular flexibility index (Phi) is 4.63. The van der Waals surface area contributed by atoms with Crippen LogP contribution in [-0.4, -0.2) is 47.4 Å². The quantitative estimate of drug-likeness (QED) is 0.607. The van der Waals surface area contributed by atoms with Crippen molar-refractivity contribution in [1.82, 2.24) is 10.2 Å². The molecule has 0 atom stereocenters. The molecule has 0 unspecified atom stereocenters. The minimum atomic E-state index is -1.05. The van der Waals surface area contributed by atoms with Crippen molar-refractivity contribution in [2.45, 2.75) is 19.4 Å². The molecule has 1 heterocycles. The van der Waals surface area contributed by atoms with Crippen molar-refractivity contribution in [3.63, 3.8) is 0 Å². The second kappa shape index (κ2) is 6.47. The fraction of sp³-hybridized carbons (Fsp3) is 0.333. The topological polar surface area (TPSA) is 105 Å². The normalized spacial score (nSPS) is 16.0. The lowest BCUT2D eigenvalue weighted by Crippen LogP contribution is -2.41. The van der Waals surface area contributed by atoms with Gasteiger partial charge >= 0.3 is 12.0 Å². The van der Waals surface area contributed by atoms with Crippen LogP contribution in [0.25, 0.3) is 0 Å². The Balaban J connectivity index is 1.80. The van der Waals surface area contributed by atoms with Crippen LogP contribution in [0, 0.1) is 0 Å². The number of carbonyl (C=O) groups is 4. The Hall–Kier alpha value is -2.90. The van der Waals surface area contributed by atoms with E-state index in [1.165, 1.54) is 13.8 Å². The number of rotatable bonds is 5. The summed E-state index contributed by atoms with van der Waals surface area (Å²) in [5, 5.41) is 4.99. The van der Waals surface area contributed by atoms with Gasteiger partial charge in [-0.2, -0.15) is 0 Å². The van der Waals surface area contributed by atoms with Crippen molar-refractivity contribution in [1.29, 1.82) is 0 Å². The molecule has 0 saturated carbocycles. The third-order valence-electron chi connectivity index (χ3n) is 3.15. The zero-order chi connectivity index (χ0) is 17.0. The van der Waals surface area contributed by atoms with E-state index in [1.807, 2.05) is 0 Å². The number of carbonyl (C=O) groups excluding carboxylic acids is 4. The maximum atomic E-state index is 11.9. The first-order valence-electron chi connectivity index (χ1n) is 6.94. The fourth-order valence-corrected chi connectivity index (χ4v) is 2.00. The van der Waals surface area contributed by atoms with E-state index >= 15 is 0 Å². The molecule has 2 rings (SSSR count). The van der Waals surface area contributed by atoms with Gasteiger partial charge in [-0.15, -0.1) is 0 Å².